The van der Waals surface area contributed by atoms with E-state index >= 15 is 0 Å². The van der Waals surface area contributed by atoms with E-state index in [-0.39, 0.29) is 16.1 Å². The molecule has 5 rings (SSSR count). The Morgan fingerprint density at radius 1 is 1.11 bits per heavy atom. The van der Waals surface area contributed by atoms with Crippen molar-refractivity contribution in [3.63, 3.8) is 0 Å². The molecule has 0 atom stereocenters. The molecule has 0 bridgehead atoms. The summed E-state index contributed by atoms with van der Waals surface area (Å²) in [5, 5.41) is 16.9. The van der Waals surface area contributed by atoms with E-state index in [0.29, 0.717) is 22.7 Å². The molecule has 0 unspecified atom stereocenters. The van der Waals surface area contributed by atoms with E-state index in [9.17, 15) is 8.42 Å². The van der Waals surface area contributed by atoms with Gasteiger partial charge in [-0.05, 0) is 43.9 Å². The van der Waals surface area contributed by atoms with Gasteiger partial charge in [0.05, 0.1) is 17.1 Å². The molecule has 1 fully saturated rings. The standard InChI is InChI=1S/C23H26ClN9O2S/c1-4-15-12-25-23(26-13-15)32-9-7-16(8-10-32)21-29-30-22-18(11-19(24)31-33(21)22)28-17-5-6-20(27-14(17)2)36(3,34)35/h5-6,11-13,16,28H,4,7-10H2,1-3H3. The van der Waals surface area contributed by atoms with E-state index in [4.69, 9.17) is 11.6 Å². The second-order valence-corrected chi connectivity index (χ2v) is 11.2. The highest BCUT2D eigenvalue weighted by Gasteiger charge is 2.27. The fourth-order valence-corrected chi connectivity index (χ4v) is 5.07. The number of nitrogens with one attached hydrogen (secondary N) is 1. The third kappa shape index (κ3) is 4.82. The first-order valence-corrected chi connectivity index (χ1v) is 13.9. The van der Waals surface area contributed by atoms with Crippen molar-refractivity contribution >= 4 is 44.4 Å². The lowest BCUT2D eigenvalue weighted by atomic mass is 9.96. The molecule has 36 heavy (non-hydrogen) atoms. The second kappa shape index (κ2) is 9.58. The molecule has 4 aromatic rings. The minimum absolute atomic E-state index is 0.0197. The van der Waals surface area contributed by atoms with Gasteiger partial charge in [0.25, 0.3) is 0 Å². The predicted octanol–water partition coefficient (Wildman–Crippen LogP) is 3.36. The van der Waals surface area contributed by atoms with Crippen molar-refractivity contribution in [3.05, 3.63) is 52.8 Å². The molecule has 13 heteroatoms. The second-order valence-electron chi connectivity index (χ2n) is 8.86. The van der Waals surface area contributed by atoms with Crippen LogP contribution in [0.15, 0.2) is 35.6 Å². The first-order chi connectivity index (χ1) is 17.2. The summed E-state index contributed by atoms with van der Waals surface area (Å²) in [6.45, 7) is 5.42. The first kappa shape index (κ1) is 24.3. The zero-order valence-electron chi connectivity index (χ0n) is 20.2. The van der Waals surface area contributed by atoms with Crippen LogP contribution >= 0.6 is 11.6 Å². The maximum Gasteiger partial charge on any atom is 0.225 e. The molecular weight excluding hydrogens is 502 g/mol. The predicted molar refractivity (Wildman–Crippen MR) is 137 cm³/mol. The van der Waals surface area contributed by atoms with E-state index in [0.717, 1.165) is 55.9 Å². The number of fused-ring (bicyclic) bond motifs is 1. The lowest BCUT2D eigenvalue weighted by Crippen LogP contribution is -2.34. The van der Waals surface area contributed by atoms with Crippen LogP contribution in [0.3, 0.4) is 0 Å². The van der Waals surface area contributed by atoms with Crippen LogP contribution in [0, 0.1) is 6.92 Å². The van der Waals surface area contributed by atoms with Crippen LogP contribution < -0.4 is 10.2 Å². The van der Waals surface area contributed by atoms with Gasteiger partial charge in [0.2, 0.25) is 11.6 Å². The summed E-state index contributed by atoms with van der Waals surface area (Å²) < 4.78 is 25.3. The van der Waals surface area contributed by atoms with Gasteiger partial charge in [-0.2, -0.15) is 9.61 Å². The van der Waals surface area contributed by atoms with Crippen molar-refractivity contribution in [2.45, 2.75) is 44.1 Å². The largest absolute Gasteiger partial charge is 0.351 e. The van der Waals surface area contributed by atoms with Crippen molar-refractivity contribution in [1.29, 1.82) is 0 Å². The summed E-state index contributed by atoms with van der Waals surface area (Å²) in [6.07, 6.45) is 7.51. The Balaban J connectivity index is 1.37. The lowest BCUT2D eigenvalue weighted by molar-refractivity contribution is 0.472. The number of aryl methyl sites for hydroxylation is 2. The van der Waals surface area contributed by atoms with Crippen LogP contribution in [0.1, 0.15) is 42.8 Å². The number of pyridine rings is 1. The summed E-state index contributed by atoms with van der Waals surface area (Å²) in [5.41, 5.74) is 3.42. The van der Waals surface area contributed by atoms with Gasteiger partial charge in [-0.1, -0.05) is 18.5 Å². The van der Waals surface area contributed by atoms with Crippen LogP contribution in [-0.4, -0.2) is 62.5 Å². The monoisotopic (exact) mass is 527 g/mol. The Hall–Kier alpha value is -3.38. The average Bonchev–Trinajstić information content (AvgIpc) is 3.28. The van der Waals surface area contributed by atoms with Crippen LogP contribution in [0.2, 0.25) is 5.15 Å². The number of aromatic nitrogens is 7. The maximum atomic E-state index is 11.8. The van der Waals surface area contributed by atoms with Crippen molar-refractivity contribution < 1.29 is 8.42 Å². The Bertz CT molecular complexity index is 1510. The molecule has 0 radical (unpaired) electrons. The van der Waals surface area contributed by atoms with Crippen LogP contribution in [0.25, 0.3) is 5.65 Å². The van der Waals surface area contributed by atoms with Crippen LogP contribution in [0.4, 0.5) is 17.3 Å². The molecule has 1 aliphatic rings. The Labute approximate surface area is 213 Å². The van der Waals surface area contributed by atoms with Crippen LogP contribution in [0.5, 0.6) is 0 Å². The fourth-order valence-electron chi connectivity index (χ4n) is 4.27. The van der Waals surface area contributed by atoms with E-state index in [2.05, 4.69) is 47.4 Å². The van der Waals surface area contributed by atoms with Gasteiger partial charge in [0.1, 0.15) is 0 Å². The molecule has 4 aromatic heterocycles. The molecule has 0 spiro atoms. The minimum atomic E-state index is -3.40. The summed E-state index contributed by atoms with van der Waals surface area (Å²) >= 11 is 6.36. The third-order valence-electron chi connectivity index (χ3n) is 6.32. The number of halogens is 1. The highest BCUT2D eigenvalue weighted by Crippen LogP contribution is 2.31. The number of piperidine rings is 1. The lowest BCUT2D eigenvalue weighted by Gasteiger charge is -2.31. The van der Waals surface area contributed by atoms with Gasteiger partial charge < -0.3 is 10.2 Å². The van der Waals surface area contributed by atoms with E-state index < -0.39 is 9.84 Å². The summed E-state index contributed by atoms with van der Waals surface area (Å²) in [5.74, 6) is 1.65. The average molecular weight is 528 g/mol. The molecule has 1 aliphatic heterocycles. The molecular formula is C23H26ClN9O2S. The smallest absolute Gasteiger partial charge is 0.225 e. The van der Waals surface area contributed by atoms with E-state index in [1.165, 1.54) is 6.07 Å². The summed E-state index contributed by atoms with van der Waals surface area (Å²) in [6, 6.07) is 4.80. The van der Waals surface area contributed by atoms with Gasteiger partial charge in [-0.25, -0.2) is 23.4 Å². The zero-order valence-corrected chi connectivity index (χ0v) is 21.8. The molecule has 0 aliphatic carbocycles. The number of anilines is 3. The normalized spacial score (nSPS) is 14.9. The molecule has 5 heterocycles. The molecule has 1 N–H and O–H groups in total. The molecule has 11 nitrogen and oxygen atoms in total. The Morgan fingerprint density at radius 3 is 2.47 bits per heavy atom. The van der Waals surface area contributed by atoms with Crippen molar-refractivity contribution in [1.82, 2.24) is 34.8 Å². The molecule has 0 amide bonds. The Morgan fingerprint density at radius 2 is 1.83 bits per heavy atom. The number of nitrogens with zero attached hydrogens (tertiary/aromatic N) is 8. The van der Waals surface area contributed by atoms with Crippen LogP contribution in [-0.2, 0) is 16.3 Å². The maximum absolute atomic E-state index is 11.8. The molecule has 0 aromatic carbocycles. The zero-order chi connectivity index (χ0) is 25.4. The van der Waals surface area contributed by atoms with Gasteiger partial charge in [-0.3, -0.25) is 0 Å². The number of hydrogen-bond donors (Lipinski definition) is 1. The van der Waals surface area contributed by atoms with Gasteiger partial charge in [0, 0.05) is 43.7 Å². The number of sulfone groups is 1. The van der Waals surface area contributed by atoms with E-state index in [1.807, 2.05) is 12.4 Å². The molecule has 1 saturated heterocycles. The van der Waals surface area contributed by atoms with E-state index in [1.54, 1.807) is 23.6 Å². The first-order valence-electron chi connectivity index (χ1n) is 11.7. The molecule has 188 valence electrons. The van der Waals surface area contributed by atoms with Gasteiger partial charge >= 0.3 is 0 Å². The fraction of sp³-hybridized carbons (Fsp3) is 0.391. The summed E-state index contributed by atoms with van der Waals surface area (Å²) in [4.78, 5) is 15.4. The quantitative estimate of drug-likeness (QED) is 0.398. The van der Waals surface area contributed by atoms with Gasteiger partial charge in [-0.15, -0.1) is 10.2 Å². The van der Waals surface area contributed by atoms with Crippen molar-refractivity contribution in [3.8, 4) is 0 Å². The van der Waals surface area contributed by atoms with Crippen molar-refractivity contribution in [2.75, 3.05) is 29.6 Å². The highest BCUT2D eigenvalue weighted by atomic mass is 35.5. The Kier molecular flexibility index (Phi) is 6.47. The number of hydrogen-bond acceptors (Lipinski definition) is 10. The minimum Gasteiger partial charge on any atom is -0.351 e. The highest BCUT2D eigenvalue weighted by molar-refractivity contribution is 7.90. The van der Waals surface area contributed by atoms with Crippen molar-refractivity contribution in [2.24, 2.45) is 0 Å². The topological polar surface area (TPSA) is 131 Å². The van der Waals surface area contributed by atoms with Gasteiger partial charge in [0.15, 0.2) is 25.8 Å². The molecule has 0 saturated carbocycles. The third-order valence-corrected chi connectivity index (χ3v) is 7.49. The number of rotatable bonds is 6. The summed E-state index contributed by atoms with van der Waals surface area (Å²) in [7, 11) is -3.40. The SMILES string of the molecule is CCc1cnc(N2CCC(c3nnc4c(Nc5ccc(S(C)(=O)=O)nc5C)cc(Cl)nn34)CC2)nc1.